The molecule has 0 radical (unpaired) electrons. The largest absolute Gasteiger partial charge is 0.398 e. The molecule has 1 unspecified atom stereocenters. The lowest BCUT2D eigenvalue weighted by Gasteiger charge is -2.21. The number of benzene rings is 1. The maximum Gasteiger partial charge on any atom is 0.245 e. The summed E-state index contributed by atoms with van der Waals surface area (Å²) in [6.07, 6.45) is 0.363. The van der Waals surface area contributed by atoms with Gasteiger partial charge in [0.25, 0.3) is 0 Å². The average molecular weight is 276 g/mol. The number of sulfonamides is 1. The number of nitrogens with two attached hydrogens (primary N) is 1. The zero-order chi connectivity index (χ0) is 14.0. The summed E-state index contributed by atoms with van der Waals surface area (Å²) in [5.74, 6) is -0.918. The predicted molar refractivity (Wildman–Crippen MR) is 66.9 cm³/mol. The van der Waals surface area contributed by atoms with Crippen molar-refractivity contribution in [3.8, 4) is 0 Å². The zero-order valence-electron chi connectivity index (χ0n) is 10.3. The summed E-state index contributed by atoms with van der Waals surface area (Å²) in [4.78, 5) is -0.586. The van der Waals surface area contributed by atoms with Gasteiger partial charge in [0.2, 0.25) is 10.0 Å². The molecule has 7 heteroatoms. The van der Waals surface area contributed by atoms with Gasteiger partial charge in [0.15, 0.2) is 0 Å². The van der Waals surface area contributed by atoms with Gasteiger partial charge < -0.3 is 10.8 Å². The lowest BCUT2D eigenvalue weighted by atomic mass is 10.1. The second-order valence-electron chi connectivity index (χ2n) is 4.33. The Balaban J connectivity index is 3.01. The van der Waals surface area contributed by atoms with Crippen molar-refractivity contribution < 1.29 is 17.9 Å². The van der Waals surface area contributed by atoms with E-state index in [0.29, 0.717) is 6.42 Å². The summed E-state index contributed by atoms with van der Waals surface area (Å²) >= 11 is 0. The van der Waals surface area contributed by atoms with Crippen molar-refractivity contribution in [2.24, 2.45) is 0 Å². The van der Waals surface area contributed by atoms with Crippen LogP contribution in [0.15, 0.2) is 23.1 Å². The molecule has 0 aliphatic rings. The predicted octanol–water partition coefficient (Wildman–Crippen LogP) is 0.847. The van der Waals surface area contributed by atoms with E-state index in [2.05, 4.69) is 4.72 Å². The molecule has 1 atom stereocenters. The molecule has 0 aliphatic carbocycles. The van der Waals surface area contributed by atoms with E-state index in [1.165, 1.54) is 19.1 Å². The molecule has 0 amide bonds. The maximum atomic E-state index is 13.5. The standard InChI is InChI=1S/C11H17FN2O3S/c1-3-11(2,15)7-14-18(16,17)10-8(12)5-4-6-9(10)13/h4-6,14-15H,3,7,13H2,1-2H3. The molecule has 0 bridgehead atoms. The number of aliphatic hydroxyl groups is 1. The smallest absolute Gasteiger partial charge is 0.245 e. The molecule has 4 N–H and O–H groups in total. The van der Waals surface area contributed by atoms with E-state index in [1.54, 1.807) is 6.92 Å². The highest BCUT2D eigenvalue weighted by atomic mass is 32.2. The van der Waals surface area contributed by atoms with Crippen molar-refractivity contribution in [1.29, 1.82) is 0 Å². The van der Waals surface area contributed by atoms with Crippen LogP contribution in [0.25, 0.3) is 0 Å². The van der Waals surface area contributed by atoms with E-state index in [1.807, 2.05) is 0 Å². The number of nitrogens with one attached hydrogen (secondary N) is 1. The molecular formula is C11H17FN2O3S. The monoisotopic (exact) mass is 276 g/mol. The van der Waals surface area contributed by atoms with Crippen LogP contribution in [0, 0.1) is 5.82 Å². The van der Waals surface area contributed by atoms with E-state index >= 15 is 0 Å². The van der Waals surface area contributed by atoms with Crippen LogP contribution in [0.2, 0.25) is 0 Å². The highest BCUT2D eigenvalue weighted by Gasteiger charge is 2.26. The molecule has 0 heterocycles. The molecular weight excluding hydrogens is 259 g/mol. The van der Waals surface area contributed by atoms with Crippen LogP contribution in [0.3, 0.4) is 0 Å². The molecule has 0 aliphatic heterocycles. The Morgan fingerprint density at radius 1 is 1.50 bits per heavy atom. The normalized spacial score (nSPS) is 15.3. The molecule has 0 saturated carbocycles. The second kappa shape index (κ2) is 5.21. The van der Waals surface area contributed by atoms with Gasteiger partial charge in [-0.25, -0.2) is 17.5 Å². The molecule has 1 aromatic carbocycles. The molecule has 0 saturated heterocycles. The van der Waals surface area contributed by atoms with Crippen molar-refractivity contribution >= 4 is 15.7 Å². The number of rotatable bonds is 5. The van der Waals surface area contributed by atoms with Crippen LogP contribution in [-0.2, 0) is 10.0 Å². The molecule has 18 heavy (non-hydrogen) atoms. The number of hydrogen-bond donors (Lipinski definition) is 3. The number of nitrogen functional groups attached to an aromatic ring is 1. The minimum atomic E-state index is -4.07. The first kappa shape index (κ1) is 14.9. The Morgan fingerprint density at radius 2 is 2.11 bits per heavy atom. The van der Waals surface area contributed by atoms with Gasteiger partial charge in [0.1, 0.15) is 10.7 Å². The van der Waals surface area contributed by atoms with Gasteiger partial charge in [0.05, 0.1) is 11.3 Å². The van der Waals surface area contributed by atoms with Gasteiger partial charge in [-0.15, -0.1) is 0 Å². The van der Waals surface area contributed by atoms with Gasteiger partial charge in [-0.1, -0.05) is 13.0 Å². The summed E-state index contributed by atoms with van der Waals surface area (Å²) in [7, 11) is -4.07. The van der Waals surface area contributed by atoms with Gasteiger partial charge in [0, 0.05) is 6.54 Å². The Kier molecular flexibility index (Phi) is 4.31. The molecule has 5 nitrogen and oxygen atoms in total. The lowest BCUT2D eigenvalue weighted by molar-refractivity contribution is 0.0613. The molecule has 102 valence electrons. The molecule has 1 aromatic rings. The highest BCUT2D eigenvalue weighted by Crippen LogP contribution is 2.21. The van der Waals surface area contributed by atoms with Crippen LogP contribution in [0.5, 0.6) is 0 Å². The van der Waals surface area contributed by atoms with Gasteiger partial charge in [-0.05, 0) is 25.5 Å². The van der Waals surface area contributed by atoms with Gasteiger partial charge in [-0.2, -0.15) is 0 Å². The molecule has 0 fully saturated rings. The van der Waals surface area contributed by atoms with Crippen LogP contribution >= 0.6 is 0 Å². The SMILES string of the molecule is CCC(C)(O)CNS(=O)(=O)c1c(N)cccc1F. The fourth-order valence-electron chi connectivity index (χ4n) is 1.26. The molecule has 0 spiro atoms. The number of halogens is 1. The lowest BCUT2D eigenvalue weighted by Crippen LogP contribution is -2.40. The Bertz CT molecular complexity index is 509. The minimum absolute atomic E-state index is 0.168. The summed E-state index contributed by atoms with van der Waals surface area (Å²) < 4.78 is 39.4. The summed E-state index contributed by atoms with van der Waals surface area (Å²) in [5, 5.41) is 9.72. The van der Waals surface area contributed by atoms with Gasteiger partial charge in [-0.3, -0.25) is 0 Å². The Morgan fingerprint density at radius 3 is 2.61 bits per heavy atom. The van der Waals surface area contributed by atoms with Crippen molar-refractivity contribution in [3.05, 3.63) is 24.0 Å². The highest BCUT2D eigenvalue weighted by molar-refractivity contribution is 7.89. The third-order valence-electron chi connectivity index (χ3n) is 2.67. The molecule has 1 rings (SSSR count). The topological polar surface area (TPSA) is 92.4 Å². The zero-order valence-corrected chi connectivity index (χ0v) is 11.1. The van der Waals surface area contributed by atoms with E-state index in [-0.39, 0.29) is 12.2 Å². The van der Waals surface area contributed by atoms with Crippen LogP contribution in [-0.4, -0.2) is 25.7 Å². The van der Waals surface area contributed by atoms with Gasteiger partial charge >= 0.3 is 0 Å². The Hall–Kier alpha value is -1.18. The number of anilines is 1. The summed E-state index contributed by atoms with van der Waals surface area (Å²) in [5.41, 5.74) is 4.10. The first-order chi connectivity index (χ1) is 8.19. The first-order valence-electron chi connectivity index (χ1n) is 5.45. The Labute approximate surface area is 106 Å². The van der Waals surface area contributed by atoms with Crippen LogP contribution in [0.4, 0.5) is 10.1 Å². The third-order valence-corrected chi connectivity index (χ3v) is 4.16. The fourth-order valence-corrected chi connectivity index (χ4v) is 2.61. The number of hydrogen-bond acceptors (Lipinski definition) is 4. The summed E-state index contributed by atoms with van der Waals surface area (Å²) in [6.45, 7) is 2.99. The van der Waals surface area contributed by atoms with E-state index in [0.717, 1.165) is 6.07 Å². The summed E-state index contributed by atoms with van der Waals surface area (Å²) in [6, 6.07) is 3.64. The third kappa shape index (κ3) is 3.41. The van der Waals surface area contributed by atoms with E-state index in [4.69, 9.17) is 5.73 Å². The first-order valence-corrected chi connectivity index (χ1v) is 6.94. The fraction of sp³-hybridized carbons (Fsp3) is 0.455. The quantitative estimate of drug-likeness (QED) is 0.695. The van der Waals surface area contributed by atoms with E-state index < -0.39 is 26.3 Å². The van der Waals surface area contributed by atoms with Crippen molar-refractivity contribution in [3.63, 3.8) is 0 Å². The minimum Gasteiger partial charge on any atom is -0.398 e. The van der Waals surface area contributed by atoms with E-state index in [9.17, 15) is 17.9 Å². The van der Waals surface area contributed by atoms with Crippen molar-refractivity contribution in [2.75, 3.05) is 12.3 Å². The van der Waals surface area contributed by atoms with Crippen LogP contribution in [0.1, 0.15) is 20.3 Å². The van der Waals surface area contributed by atoms with Crippen LogP contribution < -0.4 is 10.5 Å². The maximum absolute atomic E-state index is 13.5. The average Bonchev–Trinajstić information content (AvgIpc) is 2.26. The van der Waals surface area contributed by atoms with Crippen molar-refractivity contribution in [1.82, 2.24) is 4.72 Å². The molecule has 0 aromatic heterocycles. The second-order valence-corrected chi connectivity index (χ2v) is 6.04. The van der Waals surface area contributed by atoms with Crippen molar-refractivity contribution in [2.45, 2.75) is 30.8 Å².